The summed E-state index contributed by atoms with van der Waals surface area (Å²) in [6, 6.07) is 25.0. The number of ether oxygens (including phenoxy) is 4. The van der Waals surface area contributed by atoms with Crippen LogP contribution in [0.5, 0.6) is 23.0 Å². The number of fused-ring (bicyclic) bond motifs is 1. The van der Waals surface area contributed by atoms with Gasteiger partial charge in [0, 0.05) is 18.2 Å². The molecule has 1 heterocycles. The Morgan fingerprint density at radius 2 is 1.63 bits per heavy atom. The Labute approximate surface area is 253 Å². The van der Waals surface area contributed by atoms with Crippen molar-refractivity contribution in [2.24, 2.45) is 0 Å². The molecule has 0 fully saturated rings. The summed E-state index contributed by atoms with van der Waals surface area (Å²) in [5.74, 6) is 1.75. The molecule has 0 atom stereocenters. The van der Waals surface area contributed by atoms with Crippen molar-refractivity contribution in [3.8, 4) is 34.4 Å². The van der Waals surface area contributed by atoms with Crippen LogP contribution in [-0.4, -0.2) is 47.2 Å². The highest BCUT2D eigenvalue weighted by atomic mass is 32.2. The highest BCUT2D eigenvalue weighted by Gasteiger charge is 2.20. The molecule has 4 aromatic carbocycles. The van der Waals surface area contributed by atoms with E-state index in [9.17, 15) is 9.90 Å². The van der Waals surface area contributed by atoms with Crippen molar-refractivity contribution < 1.29 is 28.8 Å². The van der Waals surface area contributed by atoms with Gasteiger partial charge in [-0.2, -0.15) is 0 Å². The van der Waals surface area contributed by atoms with E-state index in [0.29, 0.717) is 52.7 Å². The second-order valence-electron chi connectivity index (χ2n) is 9.40. The molecule has 0 saturated carbocycles. The molecule has 0 unspecified atom stereocenters. The lowest BCUT2D eigenvalue weighted by molar-refractivity contribution is -0.131. The fraction of sp³-hybridized carbons (Fsp3) is 0.182. The highest BCUT2D eigenvalue weighted by molar-refractivity contribution is 8.04. The number of hydrogen-bond donors (Lipinski definition) is 1. The molecule has 0 aliphatic heterocycles. The van der Waals surface area contributed by atoms with Crippen LogP contribution in [-0.2, 0) is 17.9 Å². The molecule has 0 amide bonds. The molecule has 0 spiro atoms. The van der Waals surface area contributed by atoms with E-state index >= 15 is 0 Å². The summed E-state index contributed by atoms with van der Waals surface area (Å²) in [4.78, 5) is 12.4. The number of benzene rings is 4. The first-order valence-corrected chi connectivity index (χ1v) is 14.3. The minimum atomic E-state index is -1.09. The van der Waals surface area contributed by atoms with Gasteiger partial charge in [0.2, 0.25) is 0 Å². The standard InChI is InChI=1S/C33H31N3O6S/c1-5-36-31(24-17-25(39-2)19-26(18-24)40-3)34-35-33(36)43-30(32(37)38)16-21-13-14-28(29(15-21)41-4)42-20-23-11-8-10-22-9-6-7-12-27(22)23/h6-19H,5,20H2,1-4H3,(H,37,38)/b30-16-. The van der Waals surface area contributed by atoms with E-state index in [1.807, 2.05) is 47.9 Å². The van der Waals surface area contributed by atoms with Crippen LogP contribution in [0.25, 0.3) is 28.2 Å². The van der Waals surface area contributed by atoms with Gasteiger partial charge < -0.3 is 28.6 Å². The fourth-order valence-corrected chi connectivity index (χ4v) is 5.54. The summed E-state index contributed by atoms with van der Waals surface area (Å²) in [5.41, 5.74) is 2.43. The number of carbonyl (C=O) groups is 1. The van der Waals surface area contributed by atoms with E-state index in [4.69, 9.17) is 18.9 Å². The molecule has 0 aliphatic rings. The predicted molar refractivity (Wildman–Crippen MR) is 167 cm³/mol. The van der Waals surface area contributed by atoms with E-state index in [-0.39, 0.29) is 4.91 Å². The van der Waals surface area contributed by atoms with Crippen molar-refractivity contribution in [3.05, 3.63) is 94.9 Å². The van der Waals surface area contributed by atoms with Crippen molar-refractivity contribution in [2.75, 3.05) is 21.3 Å². The first-order chi connectivity index (χ1) is 20.9. The number of carboxylic acids is 1. The topological polar surface area (TPSA) is 105 Å². The maximum atomic E-state index is 12.3. The monoisotopic (exact) mass is 597 g/mol. The van der Waals surface area contributed by atoms with Gasteiger partial charge in [0.1, 0.15) is 23.0 Å². The summed E-state index contributed by atoms with van der Waals surface area (Å²) in [6.07, 6.45) is 1.58. The normalized spacial score (nSPS) is 11.4. The molecule has 220 valence electrons. The molecule has 5 aromatic rings. The summed E-state index contributed by atoms with van der Waals surface area (Å²) < 4.78 is 24.4. The summed E-state index contributed by atoms with van der Waals surface area (Å²) in [5, 5.41) is 21.4. The number of aliphatic carboxylic acids is 1. The van der Waals surface area contributed by atoms with Crippen LogP contribution in [0, 0.1) is 0 Å². The first kappa shape index (κ1) is 29.5. The third-order valence-corrected chi connectivity index (χ3v) is 7.80. The molecule has 10 heteroatoms. The van der Waals surface area contributed by atoms with Gasteiger partial charge >= 0.3 is 5.97 Å². The van der Waals surface area contributed by atoms with Crippen LogP contribution in [0.2, 0.25) is 0 Å². The summed E-state index contributed by atoms with van der Waals surface area (Å²) in [7, 11) is 4.71. The first-order valence-electron chi connectivity index (χ1n) is 13.5. The van der Waals surface area contributed by atoms with Crippen molar-refractivity contribution >= 4 is 34.6 Å². The van der Waals surface area contributed by atoms with Crippen molar-refractivity contribution in [2.45, 2.75) is 25.2 Å². The third-order valence-electron chi connectivity index (χ3n) is 6.80. The van der Waals surface area contributed by atoms with E-state index < -0.39 is 5.97 Å². The van der Waals surface area contributed by atoms with Crippen LogP contribution >= 0.6 is 11.8 Å². The molecule has 9 nitrogen and oxygen atoms in total. The smallest absolute Gasteiger partial charge is 0.342 e. The number of carboxylic acid groups (broad SMARTS) is 1. The van der Waals surface area contributed by atoms with E-state index in [1.165, 1.54) is 0 Å². The number of aromatic nitrogens is 3. The minimum absolute atomic E-state index is 0.0725. The molecule has 1 aromatic heterocycles. The lowest BCUT2D eigenvalue weighted by Gasteiger charge is -2.13. The molecule has 43 heavy (non-hydrogen) atoms. The van der Waals surface area contributed by atoms with Gasteiger partial charge in [-0.25, -0.2) is 4.79 Å². The Balaban J connectivity index is 1.39. The Hall–Kier alpha value is -4.96. The molecule has 0 saturated heterocycles. The van der Waals surface area contributed by atoms with Gasteiger partial charge in [-0.05, 0) is 70.9 Å². The predicted octanol–water partition coefficient (Wildman–Crippen LogP) is 6.94. The quantitative estimate of drug-likeness (QED) is 0.121. The maximum absolute atomic E-state index is 12.3. The Morgan fingerprint density at radius 3 is 2.33 bits per heavy atom. The molecular weight excluding hydrogens is 566 g/mol. The van der Waals surface area contributed by atoms with Gasteiger partial charge in [0.05, 0.1) is 21.3 Å². The van der Waals surface area contributed by atoms with Crippen LogP contribution in [0.1, 0.15) is 18.1 Å². The minimum Gasteiger partial charge on any atom is -0.497 e. The Bertz CT molecular complexity index is 1770. The van der Waals surface area contributed by atoms with Gasteiger partial charge in [0.15, 0.2) is 22.5 Å². The van der Waals surface area contributed by atoms with Gasteiger partial charge in [-0.15, -0.1) is 10.2 Å². The molecule has 0 bridgehead atoms. The SMILES string of the molecule is CCn1c(S/C(=C\c2ccc(OCc3cccc4ccccc34)c(OC)c2)C(=O)O)nnc1-c1cc(OC)cc(OC)c1. The van der Waals surface area contributed by atoms with Gasteiger partial charge in [-0.1, -0.05) is 48.5 Å². The molecule has 0 aliphatic carbocycles. The summed E-state index contributed by atoms with van der Waals surface area (Å²) >= 11 is 1.02. The van der Waals surface area contributed by atoms with Crippen LogP contribution in [0.3, 0.4) is 0 Å². The van der Waals surface area contributed by atoms with Crippen molar-refractivity contribution in [1.82, 2.24) is 14.8 Å². The van der Waals surface area contributed by atoms with Crippen molar-refractivity contribution in [1.29, 1.82) is 0 Å². The molecule has 0 radical (unpaired) electrons. The van der Waals surface area contributed by atoms with Gasteiger partial charge in [0.25, 0.3) is 0 Å². The van der Waals surface area contributed by atoms with Gasteiger partial charge in [-0.3, -0.25) is 0 Å². The number of hydrogen-bond acceptors (Lipinski definition) is 8. The van der Waals surface area contributed by atoms with Crippen LogP contribution in [0.15, 0.2) is 88.9 Å². The van der Waals surface area contributed by atoms with Crippen LogP contribution in [0.4, 0.5) is 0 Å². The zero-order valence-electron chi connectivity index (χ0n) is 24.2. The maximum Gasteiger partial charge on any atom is 0.342 e. The molecular formula is C33H31N3O6S. The largest absolute Gasteiger partial charge is 0.497 e. The zero-order chi connectivity index (χ0) is 30.3. The number of methoxy groups -OCH3 is 3. The number of nitrogens with zero attached hydrogens (tertiary/aromatic N) is 3. The van der Waals surface area contributed by atoms with E-state index in [1.54, 1.807) is 51.7 Å². The lowest BCUT2D eigenvalue weighted by atomic mass is 10.1. The second-order valence-corrected chi connectivity index (χ2v) is 10.4. The van der Waals surface area contributed by atoms with Crippen LogP contribution < -0.4 is 18.9 Å². The Kier molecular flexibility index (Phi) is 9.17. The highest BCUT2D eigenvalue weighted by Crippen LogP contribution is 2.35. The average molecular weight is 598 g/mol. The average Bonchev–Trinajstić information content (AvgIpc) is 3.45. The summed E-state index contributed by atoms with van der Waals surface area (Å²) in [6.45, 7) is 2.82. The second kappa shape index (κ2) is 13.3. The zero-order valence-corrected chi connectivity index (χ0v) is 25.1. The molecule has 5 rings (SSSR count). The molecule has 1 N–H and O–H groups in total. The van der Waals surface area contributed by atoms with E-state index in [2.05, 4.69) is 28.4 Å². The Morgan fingerprint density at radius 1 is 0.884 bits per heavy atom. The van der Waals surface area contributed by atoms with Crippen molar-refractivity contribution in [3.63, 3.8) is 0 Å². The number of thioether (sulfide) groups is 1. The third kappa shape index (κ3) is 6.60. The van der Waals surface area contributed by atoms with E-state index in [0.717, 1.165) is 33.7 Å². The lowest BCUT2D eigenvalue weighted by Crippen LogP contribution is -2.03. The fourth-order valence-electron chi connectivity index (χ4n) is 4.65. The number of rotatable bonds is 12.